The van der Waals surface area contributed by atoms with Gasteiger partial charge in [0, 0.05) is 46.4 Å². The number of nitriles is 1. The van der Waals surface area contributed by atoms with E-state index in [1.165, 1.54) is 0 Å². The predicted molar refractivity (Wildman–Crippen MR) is 265 cm³/mol. The molecule has 0 saturated carbocycles. The van der Waals surface area contributed by atoms with Gasteiger partial charge in [0.2, 0.25) is 0 Å². The monoisotopic (exact) mass is 955 g/mol. The van der Waals surface area contributed by atoms with Gasteiger partial charge in [-0.3, -0.25) is 0 Å². The Labute approximate surface area is 403 Å². The van der Waals surface area contributed by atoms with Crippen LogP contribution in [0.15, 0.2) is 127 Å². The van der Waals surface area contributed by atoms with Crippen LogP contribution in [-0.4, -0.2) is 63.4 Å². The molecule has 1 N–H and O–H groups in total. The van der Waals surface area contributed by atoms with Gasteiger partial charge in [0.25, 0.3) is 8.53 Å². The minimum absolute atomic E-state index is 0.241. The van der Waals surface area contributed by atoms with Crippen molar-refractivity contribution in [3.8, 4) is 17.6 Å². The van der Waals surface area contributed by atoms with E-state index >= 15 is 0 Å². The second-order valence-corrected chi connectivity index (χ2v) is 18.7. The first-order valence-electron chi connectivity index (χ1n) is 22.7. The second-order valence-electron chi connectivity index (χ2n) is 16.4. The molecular weight excluding hydrogens is 892 g/mol. The Bertz CT molecular complexity index is 2120. The average molecular weight is 957 g/mol. The average Bonchev–Trinajstić information content (AvgIpc) is 3.32. The lowest BCUT2D eigenvalue weighted by Gasteiger charge is -2.38. The lowest BCUT2D eigenvalue weighted by Crippen LogP contribution is -2.39. The molecule has 0 aromatic heterocycles. The fraction of sp³-hybridized carbons (Fsp3) is 0.396. The number of carbonyl (C=O) groups is 1. The summed E-state index contributed by atoms with van der Waals surface area (Å²) in [6, 6.07) is 43.5. The van der Waals surface area contributed by atoms with Crippen LogP contribution >= 0.6 is 31.7 Å². The van der Waals surface area contributed by atoms with E-state index in [1.807, 2.05) is 115 Å². The van der Waals surface area contributed by atoms with E-state index in [1.54, 1.807) is 14.2 Å². The minimum Gasteiger partial charge on any atom is -0.497 e. The van der Waals surface area contributed by atoms with Crippen LogP contribution < -0.4 is 14.8 Å². The van der Waals surface area contributed by atoms with E-state index in [-0.39, 0.29) is 18.7 Å². The molecule has 0 aliphatic heterocycles. The van der Waals surface area contributed by atoms with Crippen LogP contribution in [0.2, 0.25) is 10.0 Å². The molecule has 352 valence electrons. The Morgan fingerprint density at radius 1 is 0.636 bits per heavy atom. The molecule has 0 bridgehead atoms. The van der Waals surface area contributed by atoms with Gasteiger partial charge in [0.15, 0.2) is 5.60 Å². The van der Waals surface area contributed by atoms with E-state index in [9.17, 15) is 4.79 Å². The highest BCUT2D eigenvalue weighted by molar-refractivity contribution is 7.44. The molecule has 0 heterocycles. The maximum atomic E-state index is 14.0. The number of carbonyl (C=O) groups excluding carboxylic acids is 1. The van der Waals surface area contributed by atoms with Crippen molar-refractivity contribution in [2.75, 3.05) is 40.6 Å². The van der Waals surface area contributed by atoms with E-state index < -0.39 is 25.8 Å². The summed E-state index contributed by atoms with van der Waals surface area (Å²) in [6.45, 7) is 10.1. The molecule has 0 saturated heterocycles. The Kier molecular flexibility index (Phi) is 21.1. The number of nitrogens with zero attached hydrogens (tertiary/aromatic N) is 2. The third-order valence-corrected chi connectivity index (χ3v) is 13.9. The van der Waals surface area contributed by atoms with E-state index in [0.29, 0.717) is 49.1 Å². The van der Waals surface area contributed by atoms with Crippen molar-refractivity contribution in [2.24, 2.45) is 0 Å². The lowest BCUT2D eigenvalue weighted by molar-refractivity contribution is -0.00900. The van der Waals surface area contributed by atoms with Crippen LogP contribution in [-0.2, 0) is 29.7 Å². The molecule has 5 aromatic carbocycles. The predicted octanol–water partition coefficient (Wildman–Crippen LogP) is 13.6. The SMILES string of the molecule is COc1ccc(C(OCCCC(OC(=O)NCCCCCCOP(OCCC#N)N(C(C)C)C(C)C)(c2ccc(Cl)cc2)c2ccc(Cl)cc2)(c2ccccc2)c2ccc(OC)cc2)cc1. The van der Waals surface area contributed by atoms with Crippen molar-refractivity contribution in [3.05, 3.63) is 165 Å². The third kappa shape index (κ3) is 14.2. The van der Waals surface area contributed by atoms with Crippen LogP contribution in [0.3, 0.4) is 0 Å². The number of benzene rings is 5. The summed E-state index contributed by atoms with van der Waals surface area (Å²) in [4.78, 5) is 14.0. The first kappa shape index (κ1) is 52.3. The molecule has 1 atom stereocenters. The largest absolute Gasteiger partial charge is 0.497 e. The number of hydrogen-bond acceptors (Lipinski definition) is 9. The minimum atomic E-state index is -1.28. The summed E-state index contributed by atoms with van der Waals surface area (Å²) in [7, 11) is 2.02. The Morgan fingerprint density at radius 2 is 1.12 bits per heavy atom. The van der Waals surface area contributed by atoms with Crippen molar-refractivity contribution in [2.45, 2.75) is 95.9 Å². The molecule has 0 fully saturated rings. The number of methoxy groups -OCH3 is 2. The van der Waals surface area contributed by atoms with Gasteiger partial charge in [0.1, 0.15) is 17.1 Å². The first-order chi connectivity index (χ1) is 32.0. The molecule has 0 aliphatic carbocycles. The van der Waals surface area contributed by atoms with Gasteiger partial charge in [-0.25, -0.2) is 9.46 Å². The molecule has 10 nitrogen and oxygen atoms in total. The molecule has 0 spiro atoms. The maximum Gasteiger partial charge on any atom is 0.408 e. The number of nitrogens with one attached hydrogen (secondary N) is 1. The van der Waals surface area contributed by atoms with Crippen LogP contribution in [0.4, 0.5) is 4.79 Å². The summed E-state index contributed by atoms with van der Waals surface area (Å²) >= 11 is 12.9. The zero-order valence-corrected chi connectivity index (χ0v) is 41.4. The number of rotatable bonds is 27. The Hall–Kier alpha value is -4.69. The third-order valence-electron chi connectivity index (χ3n) is 11.3. The fourth-order valence-electron chi connectivity index (χ4n) is 8.10. The maximum absolute atomic E-state index is 14.0. The van der Waals surface area contributed by atoms with Crippen molar-refractivity contribution >= 4 is 37.8 Å². The molecule has 1 unspecified atom stereocenters. The Morgan fingerprint density at radius 3 is 1.62 bits per heavy atom. The van der Waals surface area contributed by atoms with Gasteiger partial charge in [0.05, 0.1) is 39.9 Å². The van der Waals surface area contributed by atoms with Crippen LogP contribution in [0.1, 0.15) is 100 Å². The fourth-order valence-corrected chi connectivity index (χ4v) is 9.98. The normalized spacial score (nSPS) is 12.3. The summed E-state index contributed by atoms with van der Waals surface area (Å²) in [5.41, 5.74) is 2.04. The standard InChI is InChI=1S/C53H64Cl2N3O7P/c1-40(2)58(41(3)4)66(64-39-15-35-56)63-38-13-8-7-12-36-57-51(59)65-52(42-18-26-47(54)27-19-42,43-20-28-48(55)29-21-43)34-14-37-62-53(44-16-10-9-11-17-44,45-22-30-49(60-5)31-23-45)46-24-32-50(61-6)33-25-46/h9-11,16-33,40-41H,7-8,12-15,34,36-39H2,1-6H3,(H,57,59). The lowest BCUT2D eigenvalue weighted by atomic mass is 9.79. The van der Waals surface area contributed by atoms with Crippen LogP contribution in [0.5, 0.6) is 11.5 Å². The number of alkyl carbamates (subject to hydrolysis) is 1. The van der Waals surface area contributed by atoms with Crippen molar-refractivity contribution in [3.63, 3.8) is 0 Å². The second kappa shape index (κ2) is 26.6. The molecular formula is C53H64Cl2N3O7P. The van der Waals surface area contributed by atoms with Gasteiger partial charge in [-0.2, -0.15) is 5.26 Å². The smallest absolute Gasteiger partial charge is 0.408 e. The van der Waals surface area contributed by atoms with Crippen molar-refractivity contribution in [1.29, 1.82) is 5.26 Å². The van der Waals surface area contributed by atoms with E-state index in [0.717, 1.165) is 65.0 Å². The quantitative estimate of drug-likeness (QED) is 0.0312. The van der Waals surface area contributed by atoms with E-state index in [4.69, 9.17) is 56.5 Å². The Balaban J connectivity index is 1.33. The molecule has 5 aromatic rings. The number of halogens is 2. The molecule has 66 heavy (non-hydrogen) atoms. The summed E-state index contributed by atoms with van der Waals surface area (Å²) in [5, 5.41) is 13.2. The van der Waals surface area contributed by atoms with Crippen molar-refractivity contribution < 1.29 is 32.8 Å². The van der Waals surface area contributed by atoms with Gasteiger partial charge in [-0.1, -0.05) is 115 Å². The zero-order chi connectivity index (χ0) is 47.4. The van der Waals surface area contributed by atoms with Gasteiger partial charge < -0.3 is 33.3 Å². The van der Waals surface area contributed by atoms with Crippen LogP contribution in [0, 0.1) is 11.3 Å². The molecule has 1 amide bonds. The molecule has 0 aliphatic rings. The highest BCUT2D eigenvalue weighted by Gasteiger charge is 2.41. The first-order valence-corrected chi connectivity index (χ1v) is 24.5. The van der Waals surface area contributed by atoms with Crippen molar-refractivity contribution in [1.82, 2.24) is 9.99 Å². The highest BCUT2D eigenvalue weighted by atomic mass is 35.5. The number of unbranched alkanes of at least 4 members (excludes halogenated alkanes) is 3. The molecule has 0 radical (unpaired) electrons. The summed E-state index contributed by atoms with van der Waals surface area (Å²) in [5.74, 6) is 1.47. The highest BCUT2D eigenvalue weighted by Crippen LogP contribution is 2.47. The van der Waals surface area contributed by atoms with Gasteiger partial charge in [-0.15, -0.1) is 0 Å². The summed E-state index contributed by atoms with van der Waals surface area (Å²) in [6.07, 6.45) is 4.04. The zero-order valence-electron chi connectivity index (χ0n) is 39.0. The molecule has 13 heteroatoms. The van der Waals surface area contributed by atoms with E-state index in [2.05, 4.69) is 55.9 Å². The van der Waals surface area contributed by atoms with Gasteiger partial charge in [-0.05, 0) is 119 Å². The van der Waals surface area contributed by atoms with Crippen LogP contribution in [0.25, 0.3) is 0 Å². The van der Waals surface area contributed by atoms with Gasteiger partial charge >= 0.3 is 6.09 Å². The number of amides is 1. The number of ether oxygens (including phenoxy) is 4. The summed E-state index contributed by atoms with van der Waals surface area (Å²) < 4.78 is 39.4. The topological polar surface area (TPSA) is 112 Å². The number of hydrogen-bond donors (Lipinski definition) is 1. The molecule has 5 rings (SSSR count).